The van der Waals surface area contributed by atoms with Crippen molar-refractivity contribution in [2.45, 2.75) is 19.8 Å². The van der Waals surface area contributed by atoms with E-state index in [1.54, 1.807) is 6.20 Å². The molecule has 4 nitrogen and oxygen atoms in total. The van der Waals surface area contributed by atoms with Crippen LogP contribution in [0.4, 0.5) is 5.82 Å². The van der Waals surface area contributed by atoms with Gasteiger partial charge in [-0.05, 0) is 18.6 Å². The van der Waals surface area contributed by atoms with Crippen molar-refractivity contribution in [3.63, 3.8) is 0 Å². The summed E-state index contributed by atoms with van der Waals surface area (Å²) in [5, 5.41) is 9.03. The summed E-state index contributed by atoms with van der Waals surface area (Å²) in [5.74, 6) is 0.854. The summed E-state index contributed by atoms with van der Waals surface area (Å²) in [7, 11) is 0. The normalized spacial score (nSPS) is 10.2. The summed E-state index contributed by atoms with van der Waals surface area (Å²) in [4.78, 5) is 6.73. The molecule has 1 aromatic rings. The number of aliphatic hydroxyl groups is 1. The van der Waals surface area contributed by atoms with Crippen molar-refractivity contribution in [2.24, 2.45) is 5.73 Å². The first kappa shape index (κ1) is 13.9. The van der Waals surface area contributed by atoms with Gasteiger partial charge in [0, 0.05) is 24.8 Å². The van der Waals surface area contributed by atoms with Crippen molar-refractivity contribution in [3.05, 3.63) is 23.9 Å². The lowest BCUT2D eigenvalue weighted by Crippen LogP contribution is -2.28. The van der Waals surface area contributed by atoms with Crippen LogP contribution in [0.2, 0.25) is 0 Å². The molecule has 0 aliphatic carbocycles. The number of hydrogen-bond donors (Lipinski definition) is 2. The Bertz CT molecular complexity index is 353. The lowest BCUT2D eigenvalue weighted by molar-refractivity contribution is 0.301. The Morgan fingerprint density at radius 2 is 2.24 bits per heavy atom. The smallest absolute Gasteiger partial charge is 0.128 e. The molecule has 0 aromatic carbocycles. The SMILES string of the molecule is CCCCN(CCO)c1ccc(C(N)=S)cn1. The van der Waals surface area contributed by atoms with E-state index in [-0.39, 0.29) is 6.61 Å². The van der Waals surface area contributed by atoms with Crippen molar-refractivity contribution < 1.29 is 5.11 Å². The molecule has 1 rings (SSSR count). The third kappa shape index (κ3) is 4.28. The fourth-order valence-electron chi connectivity index (χ4n) is 1.53. The third-order valence-corrected chi connectivity index (χ3v) is 2.74. The summed E-state index contributed by atoms with van der Waals surface area (Å²) in [6.45, 7) is 3.76. The second-order valence-corrected chi connectivity index (χ2v) is 4.27. The summed E-state index contributed by atoms with van der Waals surface area (Å²) < 4.78 is 0. The molecular formula is C12H19N3OS. The standard InChI is InChI=1S/C12H19N3OS/c1-2-3-6-15(7-8-16)11-5-4-10(9-14-11)12(13)17/h4-5,9,16H,2-3,6-8H2,1H3,(H2,13,17). The van der Waals surface area contributed by atoms with Crippen LogP contribution in [0.3, 0.4) is 0 Å². The summed E-state index contributed by atoms with van der Waals surface area (Å²) in [5.41, 5.74) is 6.28. The maximum absolute atomic E-state index is 9.03. The van der Waals surface area contributed by atoms with Gasteiger partial charge >= 0.3 is 0 Å². The number of nitrogens with zero attached hydrogens (tertiary/aromatic N) is 2. The number of anilines is 1. The number of aliphatic hydroxyl groups excluding tert-OH is 1. The highest BCUT2D eigenvalue weighted by atomic mass is 32.1. The molecule has 0 saturated carbocycles. The van der Waals surface area contributed by atoms with Gasteiger partial charge in [0.15, 0.2) is 0 Å². The van der Waals surface area contributed by atoms with Crippen molar-refractivity contribution in [2.75, 3.05) is 24.6 Å². The first-order chi connectivity index (χ1) is 8.19. The van der Waals surface area contributed by atoms with E-state index in [4.69, 9.17) is 23.1 Å². The molecule has 0 bridgehead atoms. The van der Waals surface area contributed by atoms with Crippen molar-refractivity contribution in [1.29, 1.82) is 0 Å². The number of rotatable bonds is 7. The molecule has 17 heavy (non-hydrogen) atoms. The van der Waals surface area contributed by atoms with E-state index in [2.05, 4.69) is 16.8 Å². The fraction of sp³-hybridized carbons (Fsp3) is 0.500. The van der Waals surface area contributed by atoms with E-state index in [0.29, 0.717) is 11.5 Å². The molecule has 0 aliphatic heterocycles. The Morgan fingerprint density at radius 3 is 2.71 bits per heavy atom. The Kier molecular flexibility index (Phi) is 5.86. The van der Waals surface area contributed by atoms with Crippen LogP contribution >= 0.6 is 12.2 Å². The highest BCUT2D eigenvalue weighted by Gasteiger charge is 2.07. The minimum absolute atomic E-state index is 0.127. The first-order valence-corrected chi connectivity index (χ1v) is 6.21. The topological polar surface area (TPSA) is 62.4 Å². The van der Waals surface area contributed by atoms with Gasteiger partial charge in [0.25, 0.3) is 0 Å². The van der Waals surface area contributed by atoms with Crippen LogP contribution in [0.1, 0.15) is 25.3 Å². The summed E-state index contributed by atoms with van der Waals surface area (Å²) in [6.07, 6.45) is 3.87. The van der Waals surface area contributed by atoms with Gasteiger partial charge in [0.05, 0.1) is 6.61 Å². The first-order valence-electron chi connectivity index (χ1n) is 5.80. The van der Waals surface area contributed by atoms with E-state index in [1.165, 1.54) is 0 Å². The van der Waals surface area contributed by atoms with Gasteiger partial charge in [-0.3, -0.25) is 0 Å². The molecule has 0 unspecified atom stereocenters. The van der Waals surface area contributed by atoms with Crippen LogP contribution in [-0.2, 0) is 0 Å². The van der Waals surface area contributed by atoms with Crippen LogP contribution in [0.25, 0.3) is 0 Å². The summed E-state index contributed by atoms with van der Waals surface area (Å²) >= 11 is 4.88. The van der Waals surface area contributed by atoms with E-state index in [9.17, 15) is 0 Å². The van der Waals surface area contributed by atoms with Crippen molar-refractivity contribution >= 4 is 23.0 Å². The van der Waals surface area contributed by atoms with Crippen molar-refractivity contribution in [1.82, 2.24) is 4.98 Å². The van der Waals surface area contributed by atoms with Crippen LogP contribution in [0, 0.1) is 0 Å². The molecule has 1 heterocycles. The fourth-order valence-corrected chi connectivity index (χ4v) is 1.65. The number of pyridine rings is 1. The van der Waals surface area contributed by atoms with Gasteiger partial charge in [-0.1, -0.05) is 25.6 Å². The molecule has 0 atom stereocenters. The zero-order chi connectivity index (χ0) is 12.7. The van der Waals surface area contributed by atoms with E-state index < -0.39 is 0 Å². The van der Waals surface area contributed by atoms with Crippen LogP contribution in [0.15, 0.2) is 18.3 Å². The van der Waals surface area contributed by atoms with Gasteiger partial charge in [0.2, 0.25) is 0 Å². The van der Waals surface area contributed by atoms with Gasteiger partial charge < -0.3 is 15.7 Å². The zero-order valence-corrected chi connectivity index (χ0v) is 10.9. The van der Waals surface area contributed by atoms with Gasteiger partial charge in [-0.25, -0.2) is 4.98 Å². The molecule has 0 spiro atoms. The number of aromatic nitrogens is 1. The molecule has 1 aromatic heterocycles. The molecule has 0 saturated heterocycles. The largest absolute Gasteiger partial charge is 0.395 e. The predicted octanol–water partition coefficient (Wildman–Crippen LogP) is 1.31. The number of thiocarbonyl (C=S) groups is 1. The van der Waals surface area contributed by atoms with Crippen LogP contribution in [0.5, 0.6) is 0 Å². The van der Waals surface area contributed by atoms with Crippen LogP contribution in [-0.4, -0.2) is 34.8 Å². The van der Waals surface area contributed by atoms with Gasteiger partial charge in [-0.2, -0.15) is 0 Å². The minimum atomic E-state index is 0.127. The second kappa shape index (κ2) is 7.19. The molecule has 0 amide bonds. The minimum Gasteiger partial charge on any atom is -0.395 e. The maximum Gasteiger partial charge on any atom is 0.128 e. The average molecular weight is 253 g/mol. The third-order valence-electron chi connectivity index (χ3n) is 2.51. The Balaban J connectivity index is 2.75. The predicted molar refractivity (Wildman–Crippen MR) is 74.3 cm³/mol. The van der Waals surface area contributed by atoms with Gasteiger partial charge in [-0.15, -0.1) is 0 Å². The molecule has 5 heteroatoms. The lowest BCUT2D eigenvalue weighted by atomic mass is 10.2. The molecule has 0 aliphatic rings. The quantitative estimate of drug-likeness (QED) is 0.718. The molecule has 0 radical (unpaired) electrons. The Labute approximate surface area is 107 Å². The number of hydrogen-bond acceptors (Lipinski definition) is 4. The Morgan fingerprint density at radius 1 is 1.47 bits per heavy atom. The van der Waals surface area contributed by atoms with E-state index in [1.807, 2.05) is 12.1 Å². The lowest BCUT2D eigenvalue weighted by Gasteiger charge is -2.22. The van der Waals surface area contributed by atoms with Crippen LogP contribution < -0.4 is 10.6 Å². The number of unbranched alkanes of at least 4 members (excludes halogenated alkanes) is 1. The monoisotopic (exact) mass is 253 g/mol. The van der Waals surface area contributed by atoms with Gasteiger partial charge in [0.1, 0.15) is 10.8 Å². The van der Waals surface area contributed by atoms with E-state index >= 15 is 0 Å². The highest BCUT2D eigenvalue weighted by molar-refractivity contribution is 7.80. The zero-order valence-electron chi connectivity index (χ0n) is 10.1. The van der Waals surface area contributed by atoms with E-state index in [0.717, 1.165) is 30.8 Å². The van der Waals surface area contributed by atoms with Crippen molar-refractivity contribution in [3.8, 4) is 0 Å². The number of nitrogens with two attached hydrogens (primary N) is 1. The molecule has 94 valence electrons. The Hall–Kier alpha value is -1.20. The molecular weight excluding hydrogens is 234 g/mol. The average Bonchev–Trinajstić information content (AvgIpc) is 2.34. The highest BCUT2D eigenvalue weighted by Crippen LogP contribution is 2.12. The molecule has 3 N–H and O–H groups in total. The molecule has 0 fully saturated rings. The summed E-state index contributed by atoms with van der Waals surface area (Å²) in [6, 6.07) is 3.75. The maximum atomic E-state index is 9.03. The second-order valence-electron chi connectivity index (χ2n) is 3.83.